The zero-order valence-corrected chi connectivity index (χ0v) is 15.1. The van der Waals surface area contributed by atoms with Crippen molar-refractivity contribution in [3.63, 3.8) is 0 Å². The second kappa shape index (κ2) is 7.64. The van der Waals surface area contributed by atoms with Crippen molar-refractivity contribution in [3.8, 4) is 0 Å². The van der Waals surface area contributed by atoms with Crippen molar-refractivity contribution < 1.29 is 29.0 Å². The van der Waals surface area contributed by atoms with Gasteiger partial charge in [-0.05, 0) is 24.6 Å². The molecule has 0 spiro atoms. The standard InChI is InChI=1S/C21H18FNO5/c1-12-5-7-13(8-6-12)19(26)17-18(14-3-2-4-15(22)11-14)23(10-9-16(24)25)21(28)20(17)27/h2-8,11,18,26H,9-10H2,1H3,(H,24,25)/b19-17-. The Labute approximate surface area is 160 Å². The minimum absolute atomic E-state index is 0.190. The molecular weight excluding hydrogens is 365 g/mol. The molecule has 28 heavy (non-hydrogen) atoms. The highest BCUT2D eigenvalue weighted by atomic mass is 19.1. The number of rotatable bonds is 5. The van der Waals surface area contributed by atoms with E-state index in [4.69, 9.17) is 5.11 Å². The maximum Gasteiger partial charge on any atom is 0.305 e. The molecule has 0 aromatic heterocycles. The van der Waals surface area contributed by atoms with Gasteiger partial charge in [-0.25, -0.2) is 4.39 Å². The van der Waals surface area contributed by atoms with Crippen LogP contribution in [0.3, 0.4) is 0 Å². The molecule has 1 aliphatic rings. The summed E-state index contributed by atoms with van der Waals surface area (Å²) in [4.78, 5) is 37.2. The first-order valence-electron chi connectivity index (χ1n) is 8.62. The molecule has 1 saturated heterocycles. The van der Waals surface area contributed by atoms with Gasteiger partial charge in [0.15, 0.2) is 0 Å². The predicted molar refractivity (Wildman–Crippen MR) is 98.8 cm³/mol. The number of halogens is 1. The molecule has 0 aliphatic carbocycles. The summed E-state index contributed by atoms with van der Waals surface area (Å²) in [6.07, 6.45) is -0.386. The van der Waals surface area contributed by atoms with Gasteiger partial charge in [0.05, 0.1) is 18.0 Å². The molecule has 1 atom stereocenters. The number of nitrogens with zero attached hydrogens (tertiary/aromatic N) is 1. The van der Waals surface area contributed by atoms with E-state index in [1.165, 1.54) is 18.2 Å². The van der Waals surface area contributed by atoms with Crippen molar-refractivity contribution in [2.24, 2.45) is 0 Å². The van der Waals surface area contributed by atoms with E-state index in [1.807, 2.05) is 6.92 Å². The van der Waals surface area contributed by atoms with Crippen molar-refractivity contribution in [2.45, 2.75) is 19.4 Å². The van der Waals surface area contributed by atoms with Crippen molar-refractivity contribution in [1.29, 1.82) is 0 Å². The first-order chi connectivity index (χ1) is 13.3. The molecule has 2 aromatic carbocycles. The Bertz CT molecular complexity index is 981. The van der Waals surface area contributed by atoms with Gasteiger partial charge in [-0.1, -0.05) is 42.0 Å². The van der Waals surface area contributed by atoms with E-state index < -0.39 is 29.5 Å². The number of likely N-dealkylation sites (tertiary alicyclic amines) is 1. The van der Waals surface area contributed by atoms with Crippen LogP contribution in [0.25, 0.3) is 5.76 Å². The molecule has 1 aliphatic heterocycles. The second-order valence-corrected chi connectivity index (χ2v) is 6.56. The summed E-state index contributed by atoms with van der Waals surface area (Å²) in [5.41, 5.74) is 1.37. The number of aliphatic carboxylic acids is 1. The molecule has 1 unspecified atom stereocenters. The Morgan fingerprint density at radius 1 is 1.11 bits per heavy atom. The third-order valence-electron chi connectivity index (χ3n) is 4.60. The van der Waals surface area contributed by atoms with E-state index in [9.17, 15) is 23.9 Å². The van der Waals surface area contributed by atoms with Gasteiger partial charge in [0.1, 0.15) is 11.6 Å². The maximum atomic E-state index is 13.8. The summed E-state index contributed by atoms with van der Waals surface area (Å²) in [6.45, 7) is 1.62. The molecule has 144 valence electrons. The van der Waals surface area contributed by atoms with Gasteiger partial charge in [-0.15, -0.1) is 0 Å². The van der Waals surface area contributed by atoms with Gasteiger partial charge in [-0.2, -0.15) is 0 Å². The Kier molecular flexibility index (Phi) is 5.26. The summed E-state index contributed by atoms with van der Waals surface area (Å²) < 4.78 is 13.8. The number of aliphatic hydroxyl groups is 1. The summed E-state index contributed by atoms with van der Waals surface area (Å²) in [5, 5.41) is 19.7. The average molecular weight is 383 g/mol. The molecule has 2 aromatic rings. The summed E-state index contributed by atoms with van der Waals surface area (Å²) in [7, 11) is 0. The minimum atomic E-state index is -1.14. The number of carboxylic acid groups (broad SMARTS) is 1. The fraction of sp³-hybridized carbons (Fsp3) is 0.190. The molecule has 2 N–H and O–H groups in total. The highest BCUT2D eigenvalue weighted by molar-refractivity contribution is 6.46. The molecule has 0 radical (unpaired) electrons. The highest BCUT2D eigenvalue weighted by Crippen LogP contribution is 2.39. The number of hydrogen-bond acceptors (Lipinski definition) is 4. The minimum Gasteiger partial charge on any atom is -0.507 e. The van der Waals surface area contributed by atoms with Crippen LogP contribution in [0.2, 0.25) is 0 Å². The molecule has 1 fully saturated rings. The Morgan fingerprint density at radius 3 is 2.39 bits per heavy atom. The third kappa shape index (κ3) is 3.64. The monoisotopic (exact) mass is 383 g/mol. The van der Waals surface area contributed by atoms with Crippen LogP contribution in [0.4, 0.5) is 4.39 Å². The van der Waals surface area contributed by atoms with E-state index in [1.54, 1.807) is 24.3 Å². The van der Waals surface area contributed by atoms with Crippen LogP contribution in [0.1, 0.15) is 29.2 Å². The lowest BCUT2D eigenvalue weighted by molar-refractivity contribution is -0.142. The molecule has 1 heterocycles. The number of hydrogen-bond donors (Lipinski definition) is 2. The summed E-state index contributed by atoms with van der Waals surface area (Å²) >= 11 is 0. The van der Waals surface area contributed by atoms with Gasteiger partial charge in [0.2, 0.25) is 0 Å². The smallest absolute Gasteiger partial charge is 0.305 e. The summed E-state index contributed by atoms with van der Waals surface area (Å²) in [5.74, 6) is -3.96. The normalized spacial score (nSPS) is 18.5. The zero-order chi connectivity index (χ0) is 20.4. The number of aliphatic hydroxyl groups excluding tert-OH is 1. The van der Waals surface area contributed by atoms with Crippen LogP contribution in [0.5, 0.6) is 0 Å². The fourth-order valence-corrected chi connectivity index (χ4v) is 3.22. The van der Waals surface area contributed by atoms with Crippen LogP contribution in [0.15, 0.2) is 54.1 Å². The van der Waals surface area contributed by atoms with Crippen LogP contribution < -0.4 is 0 Å². The van der Waals surface area contributed by atoms with Crippen LogP contribution in [-0.4, -0.2) is 39.3 Å². The van der Waals surface area contributed by atoms with E-state index in [2.05, 4.69) is 0 Å². The molecular formula is C21H18FNO5. The topological polar surface area (TPSA) is 94.9 Å². The fourth-order valence-electron chi connectivity index (χ4n) is 3.22. The number of ketones is 1. The van der Waals surface area contributed by atoms with Gasteiger partial charge in [-0.3, -0.25) is 14.4 Å². The Balaban J connectivity index is 2.16. The van der Waals surface area contributed by atoms with Crippen molar-refractivity contribution in [1.82, 2.24) is 4.90 Å². The first-order valence-corrected chi connectivity index (χ1v) is 8.62. The Hall–Kier alpha value is -3.48. The molecule has 7 heteroatoms. The molecule has 0 bridgehead atoms. The maximum absolute atomic E-state index is 13.8. The number of benzene rings is 2. The Morgan fingerprint density at radius 2 is 1.79 bits per heavy atom. The van der Waals surface area contributed by atoms with Crippen LogP contribution in [0, 0.1) is 12.7 Å². The number of carbonyl (C=O) groups is 3. The van der Waals surface area contributed by atoms with Gasteiger partial charge in [0, 0.05) is 12.1 Å². The number of carboxylic acids is 1. The highest BCUT2D eigenvalue weighted by Gasteiger charge is 2.46. The SMILES string of the molecule is Cc1ccc(/C(O)=C2/C(=O)C(=O)N(CCC(=O)O)C2c2cccc(F)c2)cc1. The molecule has 6 nitrogen and oxygen atoms in total. The molecule has 3 rings (SSSR count). The average Bonchev–Trinajstić information content (AvgIpc) is 2.91. The molecule has 1 amide bonds. The quantitative estimate of drug-likeness (QED) is 0.470. The van der Waals surface area contributed by atoms with Crippen LogP contribution >= 0.6 is 0 Å². The van der Waals surface area contributed by atoms with Crippen molar-refractivity contribution >= 4 is 23.4 Å². The van der Waals surface area contributed by atoms with Crippen LogP contribution in [-0.2, 0) is 14.4 Å². The molecule has 0 saturated carbocycles. The lowest BCUT2D eigenvalue weighted by Gasteiger charge is -2.24. The first kappa shape index (κ1) is 19.3. The van der Waals surface area contributed by atoms with E-state index in [-0.39, 0.29) is 29.9 Å². The number of Topliss-reactive ketones (excluding diaryl/α,β-unsaturated/α-hetero) is 1. The predicted octanol–water partition coefficient (Wildman–Crippen LogP) is 3.03. The van der Waals surface area contributed by atoms with Crippen molar-refractivity contribution in [3.05, 3.63) is 76.6 Å². The van der Waals surface area contributed by atoms with E-state index >= 15 is 0 Å². The third-order valence-corrected chi connectivity index (χ3v) is 4.60. The number of carbonyl (C=O) groups excluding carboxylic acids is 2. The van der Waals surface area contributed by atoms with Gasteiger partial charge < -0.3 is 15.1 Å². The number of aryl methyl sites for hydroxylation is 1. The van der Waals surface area contributed by atoms with Gasteiger partial charge in [0.25, 0.3) is 11.7 Å². The largest absolute Gasteiger partial charge is 0.507 e. The van der Waals surface area contributed by atoms with Crippen molar-refractivity contribution in [2.75, 3.05) is 6.54 Å². The lowest BCUT2D eigenvalue weighted by atomic mass is 9.95. The lowest BCUT2D eigenvalue weighted by Crippen LogP contribution is -2.31. The summed E-state index contributed by atoms with van der Waals surface area (Å²) in [6, 6.07) is 11.0. The zero-order valence-electron chi connectivity index (χ0n) is 15.1. The van der Waals surface area contributed by atoms with E-state index in [0.29, 0.717) is 5.56 Å². The van der Waals surface area contributed by atoms with E-state index in [0.717, 1.165) is 16.5 Å². The van der Waals surface area contributed by atoms with Gasteiger partial charge >= 0.3 is 5.97 Å². The number of amides is 1. The second-order valence-electron chi connectivity index (χ2n) is 6.56.